The van der Waals surface area contributed by atoms with Gasteiger partial charge in [0, 0.05) is 17.8 Å². The van der Waals surface area contributed by atoms with Crippen LogP contribution < -0.4 is 15.4 Å². The number of sulfonamides is 1. The van der Waals surface area contributed by atoms with Crippen LogP contribution in [0.15, 0.2) is 59.5 Å². The molecule has 2 aromatic rings. The molecule has 0 saturated carbocycles. The Morgan fingerprint density at radius 2 is 1.67 bits per heavy atom. The van der Waals surface area contributed by atoms with E-state index in [1.54, 1.807) is 42.5 Å². The van der Waals surface area contributed by atoms with E-state index in [4.69, 9.17) is 0 Å². The third-order valence-corrected chi connectivity index (χ3v) is 6.34. The van der Waals surface area contributed by atoms with Crippen molar-refractivity contribution in [3.05, 3.63) is 60.2 Å². The van der Waals surface area contributed by atoms with E-state index < -0.39 is 10.0 Å². The van der Waals surface area contributed by atoms with Gasteiger partial charge in [0.25, 0.3) is 15.9 Å². The van der Waals surface area contributed by atoms with Crippen molar-refractivity contribution in [1.29, 1.82) is 0 Å². The smallest absolute Gasteiger partial charge is 0.261 e. The minimum atomic E-state index is -3.64. The van der Waals surface area contributed by atoms with E-state index in [1.807, 2.05) is 0 Å². The molecule has 0 radical (unpaired) electrons. The third-order valence-electron chi connectivity index (χ3n) is 4.94. The molecule has 3 N–H and O–H groups in total. The average Bonchev–Trinajstić information content (AvgIpc) is 2.68. The van der Waals surface area contributed by atoms with Gasteiger partial charge in [-0.2, -0.15) is 0 Å². The zero-order chi connectivity index (χ0) is 19.3. The summed E-state index contributed by atoms with van der Waals surface area (Å²) < 4.78 is 27.2. The predicted molar refractivity (Wildman–Crippen MR) is 106 cm³/mol. The molecule has 1 aliphatic heterocycles. The fourth-order valence-corrected chi connectivity index (χ4v) is 4.19. The van der Waals surface area contributed by atoms with Crippen molar-refractivity contribution in [3.63, 3.8) is 0 Å². The summed E-state index contributed by atoms with van der Waals surface area (Å²) in [4.78, 5) is 12.6. The standard InChI is InChI=1S/C20H25N3O3S/c1-20(11-13-21-14-12-20)15-22-19(24)16-7-9-17(10-8-16)23-27(25,26)18-5-3-2-4-6-18/h2-10,21,23H,11-15H2,1H3,(H,22,24). The highest BCUT2D eigenvalue weighted by Gasteiger charge is 2.27. The number of benzene rings is 2. The molecule has 1 aliphatic rings. The van der Waals surface area contributed by atoms with E-state index in [0.717, 1.165) is 25.9 Å². The zero-order valence-electron chi connectivity index (χ0n) is 15.4. The van der Waals surface area contributed by atoms with Crippen LogP contribution in [0.3, 0.4) is 0 Å². The number of piperidine rings is 1. The van der Waals surface area contributed by atoms with Crippen molar-refractivity contribution < 1.29 is 13.2 Å². The molecular weight excluding hydrogens is 362 g/mol. The lowest BCUT2D eigenvalue weighted by molar-refractivity contribution is 0.0922. The second kappa shape index (κ2) is 8.10. The van der Waals surface area contributed by atoms with Crippen LogP contribution >= 0.6 is 0 Å². The molecule has 7 heteroatoms. The van der Waals surface area contributed by atoms with Gasteiger partial charge in [-0.05, 0) is 67.7 Å². The molecule has 1 fully saturated rings. The van der Waals surface area contributed by atoms with Crippen molar-refractivity contribution in [1.82, 2.24) is 10.6 Å². The van der Waals surface area contributed by atoms with E-state index in [9.17, 15) is 13.2 Å². The molecule has 0 bridgehead atoms. The monoisotopic (exact) mass is 387 g/mol. The maximum absolute atomic E-state index is 12.4. The lowest BCUT2D eigenvalue weighted by atomic mass is 9.81. The van der Waals surface area contributed by atoms with Gasteiger partial charge in [-0.3, -0.25) is 9.52 Å². The molecule has 6 nitrogen and oxygen atoms in total. The van der Waals surface area contributed by atoms with Crippen molar-refractivity contribution >= 4 is 21.6 Å². The first kappa shape index (κ1) is 19.4. The molecule has 27 heavy (non-hydrogen) atoms. The molecule has 0 atom stereocenters. The Morgan fingerprint density at radius 3 is 2.30 bits per heavy atom. The van der Waals surface area contributed by atoms with Crippen LogP contribution in [0.1, 0.15) is 30.1 Å². The van der Waals surface area contributed by atoms with E-state index in [2.05, 4.69) is 22.3 Å². The van der Waals surface area contributed by atoms with E-state index in [-0.39, 0.29) is 16.2 Å². The minimum absolute atomic E-state index is 0.117. The minimum Gasteiger partial charge on any atom is -0.351 e. The lowest BCUT2D eigenvalue weighted by Gasteiger charge is -2.34. The summed E-state index contributed by atoms with van der Waals surface area (Å²) in [5.41, 5.74) is 1.04. The van der Waals surface area contributed by atoms with Crippen LogP contribution in [-0.2, 0) is 10.0 Å². The number of anilines is 1. The Hall–Kier alpha value is -2.38. The third kappa shape index (κ3) is 5.08. The van der Waals surface area contributed by atoms with E-state index >= 15 is 0 Å². The van der Waals surface area contributed by atoms with E-state index in [1.165, 1.54) is 12.1 Å². The van der Waals surface area contributed by atoms with Crippen molar-refractivity contribution in [3.8, 4) is 0 Å². The Labute approximate surface area is 160 Å². The first-order valence-electron chi connectivity index (χ1n) is 9.05. The molecule has 0 spiro atoms. The first-order chi connectivity index (χ1) is 12.9. The highest BCUT2D eigenvalue weighted by molar-refractivity contribution is 7.92. The van der Waals surface area contributed by atoms with Crippen LogP contribution in [0.2, 0.25) is 0 Å². The molecule has 144 valence electrons. The Kier molecular flexibility index (Phi) is 5.82. The molecule has 1 heterocycles. The molecule has 0 aromatic heterocycles. The molecule has 1 saturated heterocycles. The highest BCUT2D eigenvalue weighted by Crippen LogP contribution is 2.26. The SMILES string of the molecule is CC1(CNC(=O)c2ccc(NS(=O)(=O)c3ccccc3)cc2)CCNCC1. The highest BCUT2D eigenvalue weighted by atomic mass is 32.2. The number of hydrogen-bond donors (Lipinski definition) is 3. The number of carbonyl (C=O) groups is 1. The van der Waals surface area contributed by atoms with Crippen LogP contribution in [0, 0.1) is 5.41 Å². The number of amides is 1. The average molecular weight is 388 g/mol. The summed E-state index contributed by atoms with van der Waals surface area (Å²) in [6.45, 7) is 4.77. The summed E-state index contributed by atoms with van der Waals surface area (Å²) in [5.74, 6) is -0.146. The van der Waals surface area contributed by atoms with Crippen molar-refractivity contribution in [2.24, 2.45) is 5.41 Å². The van der Waals surface area contributed by atoms with Crippen LogP contribution in [-0.4, -0.2) is 34.0 Å². The predicted octanol–water partition coefficient (Wildman–Crippen LogP) is 2.61. The van der Waals surface area contributed by atoms with Gasteiger partial charge in [-0.15, -0.1) is 0 Å². The fraction of sp³-hybridized carbons (Fsp3) is 0.350. The molecule has 1 amide bonds. The number of hydrogen-bond acceptors (Lipinski definition) is 4. The van der Waals surface area contributed by atoms with Crippen LogP contribution in [0.4, 0.5) is 5.69 Å². The van der Waals surface area contributed by atoms with Gasteiger partial charge in [0.1, 0.15) is 0 Å². The zero-order valence-corrected chi connectivity index (χ0v) is 16.2. The molecule has 3 rings (SSSR count). The topological polar surface area (TPSA) is 87.3 Å². The molecule has 0 unspecified atom stereocenters. The van der Waals surface area contributed by atoms with Gasteiger partial charge < -0.3 is 10.6 Å². The van der Waals surface area contributed by atoms with Gasteiger partial charge in [0.05, 0.1) is 4.90 Å². The largest absolute Gasteiger partial charge is 0.351 e. The second-order valence-electron chi connectivity index (χ2n) is 7.24. The molecule has 2 aromatic carbocycles. The number of nitrogens with one attached hydrogen (secondary N) is 3. The van der Waals surface area contributed by atoms with Gasteiger partial charge in [-0.1, -0.05) is 25.1 Å². The van der Waals surface area contributed by atoms with E-state index in [0.29, 0.717) is 17.8 Å². The second-order valence-corrected chi connectivity index (χ2v) is 8.92. The van der Waals surface area contributed by atoms with Gasteiger partial charge >= 0.3 is 0 Å². The molecule has 0 aliphatic carbocycles. The quantitative estimate of drug-likeness (QED) is 0.711. The maximum atomic E-state index is 12.4. The number of carbonyl (C=O) groups excluding carboxylic acids is 1. The molecular formula is C20H25N3O3S. The van der Waals surface area contributed by atoms with Crippen LogP contribution in [0.5, 0.6) is 0 Å². The van der Waals surface area contributed by atoms with Crippen molar-refractivity contribution in [2.45, 2.75) is 24.7 Å². The summed E-state index contributed by atoms with van der Waals surface area (Å²) >= 11 is 0. The summed E-state index contributed by atoms with van der Waals surface area (Å²) in [6, 6.07) is 14.6. The maximum Gasteiger partial charge on any atom is 0.261 e. The normalized spacial score (nSPS) is 16.5. The Balaban J connectivity index is 1.60. The summed E-state index contributed by atoms with van der Waals surface area (Å²) in [7, 11) is -3.64. The lowest BCUT2D eigenvalue weighted by Crippen LogP contribution is -2.42. The first-order valence-corrected chi connectivity index (χ1v) is 10.5. The van der Waals surface area contributed by atoms with Gasteiger partial charge in [0.2, 0.25) is 0 Å². The fourth-order valence-electron chi connectivity index (χ4n) is 3.11. The summed E-state index contributed by atoms with van der Waals surface area (Å²) in [6.07, 6.45) is 2.07. The van der Waals surface area contributed by atoms with Crippen LogP contribution in [0.25, 0.3) is 0 Å². The van der Waals surface area contributed by atoms with Gasteiger partial charge in [-0.25, -0.2) is 8.42 Å². The Bertz CT molecular complexity index is 874. The van der Waals surface area contributed by atoms with Gasteiger partial charge in [0.15, 0.2) is 0 Å². The van der Waals surface area contributed by atoms with Crippen molar-refractivity contribution in [2.75, 3.05) is 24.4 Å². The Morgan fingerprint density at radius 1 is 1.04 bits per heavy atom. The summed E-state index contributed by atoms with van der Waals surface area (Å²) in [5, 5.41) is 6.32. The number of rotatable bonds is 6.